The molecule has 2 aliphatic heterocycles. The molecule has 2 aliphatic rings. The number of hydrogen-bond acceptors (Lipinski definition) is 4. The van der Waals surface area contributed by atoms with Gasteiger partial charge < -0.3 is 14.7 Å². The van der Waals surface area contributed by atoms with E-state index in [-0.39, 0.29) is 23.1 Å². The molecule has 3 atom stereocenters. The van der Waals surface area contributed by atoms with Crippen molar-refractivity contribution in [3.63, 3.8) is 0 Å². The van der Waals surface area contributed by atoms with Gasteiger partial charge in [-0.15, -0.1) is 11.8 Å². The number of fused-ring (bicyclic) bond motifs is 1. The number of thioether (sulfide) groups is 1. The average molecular weight is 231 g/mol. The number of methoxy groups -OCH3 is 1. The molecule has 2 heterocycles. The Kier molecular flexibility index (Phi) is 2.42. The van der Waals surface area contributed by atoms with Crippen LogP contribution in [0.2, 0.25) is 0 Å². The highest BCUT2D eigenvalue weighted by Gasteiger charge is 2.56. The van der Waals surface area contributed by atoms with E-state index in [0.717, 1.165) is 0 Å². The Morgan fingerprint density at radius 2 is 2.40 bits per heavy atom. The van der Waals surface area contributed by atoms with Gasteiger partial charge in [-0.05, 0) is 6.92 Å². The Balaban J connectivity index is 2.24. The Bertz CT molecular complexity index is 321. The van der Waals surface area contributed by atoms with Crippen molar-refractivity contribution in [3.05, 3.63) is 0 Å². The number of carboxylic acid groups (broad SMARTS) is 1. The summed E-state index contributed by atoms with van der Waals surface area (Å²) >= 11 is 1.50. The number of nitrogens with zero attached hydrogens (tertiary/aromatic N) is 1. The van der Waals surface area contributed by atoms with Crippen molar-refractivity contribution in [2.45, 2.75) is 29.6 Å². The minimum atomic E-state index is -1.25. The maximum Gasteiger partial charge on any atom is 0.339 e. The highest BCUT2D eigenvalue weighted by atomic mass is 32.2. The van der Waals surface area contributed by atoms with Gasteiger partial charge in [0, 0.05) is 12.4 Å². The molecule has 84 valence electrons. The predicted molar refractivity (Wildman–Crippen MR) is 54.5 cm³/mol. The number of rotatable bonds is 2. The minimum absolute atomic E-state index is 0.0158. The van der Waals surface area contributed by atoms with Gasteiger partial charge in [-0.3, -0.25) is 4.79 Å². The van der Waals surface area contributed by atoms with Crippen LogP contribution in [0.4, 0.5) is 0 Å². The van der Waals surface area contributed by atoms with Gasteiger partial charge in [-0.25, -0.2) is 4.79 Å². The van der Waals surface area contributed by atoms with Crippen molar-refractivity contribution < 1.29 is 19.4 Å². The monoisotopic (exact) mass is 231 g/mol. The molecule has 2 saturated heterocycles. The van der Waals surface area contributed by atoms with Crippen molar-refractivity contribution in [1.82, 2.24) is 4.90 Å². The predicted octanol–water partition coefficient (Wildman–Crippen LogP) is 0.150. The number of hydrogen-bond donors (Lipinski definition) is 1. The molecule has 2 unspecified atom stereocenters. The van der Waals surface area contributed by atoms with Gasteiger partial charge >= 0.3 is 5.97 Å². The first kappa shape index (κ1) is 10.8. The van der Waals surface area contributed by atoms with Crippen molar-refractivity contribution in [1.29, 1.82) is 0 Å². The average Bonchev–Trinajstić information content (AvgIpc) is 2.17. The highest BCUT2D eigenvalue weighted by Crippen LogP contribution is 2.43. The lowest BCUT2D eigenvalue weighted by atomic mass is 9.96. The molecule has 2 rings (SSSR count). The van der Waals surface area contributed by atoms with Crippen molar-refractivity contribution in [3.8, 4) is 0 Å². The quantitative estimate of drug-likeness (QED) is 0.685. The van der Waals surface area contributed by atoms with Gasteiger partial charge in [0.25, 0.3) is 0 Å². The van der Waals surface area contributed by atoms with Crippen LogP contribution in [-0.2, 0) is 14.3 Å². The first-order valence-corrected chi connectivity index (χ1v) is 5.69. The van der Waals surface area contributed by atoms with Gasteiger partial charge in [-0.1, -0.05) is 0 Å². The summed E-state index contributed by atoms with van der Waals surface area (Å²) in [7, 11) is 1.38. The normalized spacial score (nSPS) is 39.6. The zero-order chi connectivity index (χ0) is 11.2. The molecule has 0 radical (unpaired) electrons. The van der Waals surface area contributed by atoms with E-state index < -0.39 is 11.6 Å². The fraction of sp³-hybridized carbons (Fsp3) is 0.778. The number of carbonyl (C=O) groups is 2. The van der Waals surface area contributed by atoms with Crippen LogP contribution in [0.5, 0.6) is 0 Å². The standard InChI is InChI=1S/C9H13NO4S/c1-5-9(14-2,8(12)13)4-10-6(11)3-7(10)15-5/h5,7H,3-4H2,1-2H3,(H,12,13)/t5?,7-,9?/m1/s1. The lowest BCUT2D eigenvalue weighted by molar-refractivity contribution is -0.171. The summed E-state index contributed by atoms with van der Waals surface area (Å²) in [6.45, 7) is 2.00. The SMILES string of the molecule is COC1(C(=O)O)CN2C(=O)C[C@H]2SC1C. The van der Waals surface area contributed by atoms with E-state index in [1.165, 1.54) is 18.9 Å². The van der Waals surface area contributed by atoms with E-state index in [1.807, 2.05) is 6.92 Å². The van der Waals surface area contributed by atoms with Crippen LogP contribution in [0.1, 0.15) is 13.3 Å². The molecule has 15 heavy (non-hydrogen) atoms. The van der Waals surface area contributed by atoms with Crippen LogP contribution in [0.25, 0.3) is 0 Å². The number of amides is 1. The molecule has 1 amide bonds. The summed E-state index contributed by atoms with van der Waals surface area (Å²) < 4.78 is 5.14. The van der Waals surface area contributed by atoms with Crippen molar-refractivity contribution >= 4 is 23.6 Å². The van der Waals surface area contributed by atoms with E-state index in [0.29, 0.717) is 6.42 Å². The van der Waals surface area contributed by atoms with E-state index >= 15 is 0 Å². The van der Waals surface area contributed by atoms with E-state index in [4.69, 9.17) is 4.74 Å². The molecule has 0 aromatic carbocycles. The lowest BCUT2D eigenvalue weighted by Crippen LogP contribution is -2.67. The molecule has 2 fully saturated rings. The molecule has 6 heteroatoms. The molecular weight excluding hydrogens is 218 g/mol. The Hall–Kier alpha value is -0.750. The first-order chi connectivity index (χ1) is 7.01. The molecule has 0 aromatic heterocycles. The first-order valence-electron chi connectivity index (χ1n) is 4.75. The molecule has 0 aromatic rings. The highest BCUT2D eigenvalue weighted by molar-refractivity contribution is 8.00. The number of β-lactam (4-membered cyclic amide) rings is 1. The molecular formula is C9H13NO4S. The fourth-order valence-electron chi connectivity index (χ4n) is 2.02. The van der Waals surface area contributed by atoms with Gasteiger partial charge in [0.2, 0.25) is 5.91 Å². The van der Waals surface area contributed by atoms with Crippen molar-refractivity contribution in [2.24, 2.45) is 0 Å². The summed E-state index contributed by atoms with van der Waals surface area (Å²) in [6.07, 6.45) is 0.522. The fourth-order valence-corrected chi connectivity index (χ4v) is 3.56. The van der Waals surface area contributed by atoms with Crippen LogP contribution >= 0.6 is 11.8 Å². The molecule has 0 aliphatic carbocycles. The number of carboxylic acids is 1. The Morgan fingerprint density at radius 3 is 2.87 bits per heavy atom. The summed E-state index contributed by atoms with van der Waals surface area (Å²) in [5.74, 6) is -0.981. The smallest absolute Gasteiger partial charge is 0.339 e. The van der Waals surface area contributed by atoms with Gasteiger partial charge in [0.15, 0.2) is 5.60 Å². The molecule has 1 N–H and O–H groups in total. The van der Waals surface area contributed by atoms with Gasteiger partial charge in [0.1, 0.15) is 0 Å². The van der Waals surface area contributed by atoms with Gasteiger partial charge in [0.05, 0.1) is 18.3 Å². The van der Waals surface area contributed by atoms with E-state index in [1.54, 1.807) is 4.90 Å². The van der Waals surface area contributed by atoms with Gasteiger partial charge in [-0.2, -0.15) is 0 Å². The van der Waals surface area contributed by atoms with Crippen LogP contribution in [0.3, 0.4) is 0 Å². The van der Waals surface area contributed by atoms with Crippen LogP contribution in [0.15, 0.2) is 0 Å². The number of ether oxygens (including phenoxy) is 1. The second-order valence-electron chi connectivity index (χ2n) is 3.86. The second kappa shape index (κ2) is 3.38. The summed E-state index contributed by atoms with van der Waals surface area (Å²) in [5, 5.41) is 9.20. The number of aliphatic carboxylic acids is 1. The van der Waals surface area contributed by atoms with Crippen LogP contribution in [0, 0.1) is 0 Å². The number of carbonyl (C=O) groups excluding carboxylic acids is 1. The maximum atomic E-state index is 11.3. The molecule has 0 bridgehead atoms. The third kappa shape index (κ3) is 1.35. The third-order valence-electron chi connectivity index (χ3n) is 3.17. The zero-order valence-electron chi connectivity index (χ0n) is 8.60. The largest absolute Gasteiger partial charge is 0.479 e. The lowest BCUT2D eigenvalue weighted by Gasteiger charge is -2.51. The zero-order valence-corrected chi connectivity index (χ0v) is 9.41. The molecule has 5 nitrogen and oxygen atoms in total. The Morgan fingerprint density at radius 1 is 1.73 bits per heavy atom. The van der Waals surface area contributed by atoms with E-state index in [2.05, 4.69) is 0 Å². The summed E-state index contributed by atoms with van der Waals surface area (Å²) in [6, 6.07) is 0. The minimum Gasteiger partial charge on any atom is -0.479 e. The van der Waals surface area contributed by atoms with Crippen LogP contribution in [-0.4, -0.2) is 51.8 Å². The summed E-state index contributed by atoms with van der Waals surface area (Å²) in [5.41, 5.74) is -1.25. The molecule has 0 spiro atoms. The topological polar surface area (TPSA) is 66.8 Å². The van der Waals surface area contributed by atoms with Crippen molar-refractivity contribution in [2.75, 3.05) is 13.7 Å². The second-order valence-corrected chi connectivity index (χ2v) is 5.38. The summed E-state index contributed by atoms with van der Waals surface area (Å²) in [4.78, 5) is 24.1. The van der Waals surface area contributed by atoms with Crippen LogP contribution < -0.4 is 0 Å². The Labute approximate surface area is 91.8 Å². The van der Waals surface area contributed by atoms with E-state index in [9.17, 15) is 14.7 Å². The maximum absolute atomic E-state index is 11.3. The third-order valence-corrected chi connectivity index (χ3v) is 4.69. The molecule has 0 saturated carbocycles.